The van der Waals surface area contributed by atoms with Crippen molar-refractivity contribution in [3.05, 3.63) is 23.3 Å². The van der Waals surface area contributed by atoms with Gasteiger partial charge in [0.2, 0.25) is 0 Å². The van der Waals surface area contributed by atoms with E-state index < -0.39 is 0 Å². The van der Waals surface area contributed by atoms with Crippen LogP contribution in [0.15, 0.2) is 12.1 Å². The highest BCUT2D eigenvalue weighted by Gasteiger charge is 2.18. The molecule has 1 aliphatic rings. The van der Waals surface area contributed by atoms with Crippen molar-refractivity contribution in [2.75, 3.05) is 40.9 Å². The highest BCUT2D eigenvalue weighted by molar-refractivity contribution is 5.49. The molecule has 0 aromatic heterocycles. The molecule has 1 atom stereocenters. The second-order valence-corrected chi connectivity index (χ2v) is 6.70. The third-order valence-electron chi connectivity index (χ3n) is 5.01. The quantitative estimate of drug-likeness (QED) is 0.769. The van der Waals surface area contributed by atoms with E-state index in [1.807, 2.05) is 6.07 Å². The SMILES string of the molecule is COc1ccc(CN(C)CCN2CCCCC2C)c(OC)c1C. The minimum absolute atomic E-state index is 0.731. The molecule has 0 aliphatic carbocycles. The molecule has 1 aromatic rings. The lowest BCUT2D eigenvalue weighted by Crippen LogP contribution is -2.41. The summed E-state index contributed by atoms with van der Waals surface area (Å²) in [6.45, 7) is 8.79. The molecule has 130 valence electrons. The van der Waals surface area contributed by atoms with Gasteiger partial charge in [-0.05, 0) is 46.3 Å². The molecule has 0 bridgehead atoms. The van der Waals surface area contributed by atoms with Gasteiger partial charge < -0.3 is 14.4 Å². The highest BCUT2D eigenvalue weighted by atomic mass is 16.5. The fraction of sp³-hybridized carbons (Fsp3) is 0.684. The van der Waals surface area contributed by atoms with Gasteiger partial charge in [-0.25, -0.2) is 0 Å². The summed E-state index contributed by atoms with van der Waals surface area (Å²) in [7, 11) is 5.63. The number of methoxy groups -OCH3 is 2. The zero-order valence-corrected chi connectivity index (χ0v) is 15.4. The number of piperidine rings is 1. The van der Waals surface area contributed by atoms with Crippen molar-refractivity contribution in [2.24, 2.45) is 0 Å². The summed E-state index contributed by atoms with van der Waals surface area (Å²) < 4.78 is 11.0. The van der Waals surface area contributed by atoms with E-state index in [2.05, 4.69) is 36.8 Å². The molecule has 0 amide bonds. The van der Waals surface area contributed by atoms with Crippen molar-refractivity contribution in [1.82, 2.24) is 9.80 Å². The Kier molecular flexibility index (Phi) is 6.72. The molecule has 1 saturated heterocycles. The number of likely N-dealkylation sites (tertiary alicyclic amines) is 1. The minimum Gasteiger partial charge on any atom is -0.496 e. The first-order chi connectivity index (χ1) is 11.1. The van der Waals surface area contributed by atoms with Crippen LogP contribution < -0.4 is 9.47 Å². The van der Waals surface area contributed by atoms with Gasteiger partial charge >= 0.3 is 0 Å². The Morgan fingerprint density at radius 1 is 1.22 bits per heavy atom. The van der Waals surface area contributed by atoms with E-state index in [0.29, 0.717) is 0 Å². The van der Waals surface area contributed by atoms with Crippen LogP contribution in [0.4, 0.5) is 0 Å². The summed E-state index contributed by atoms with van der Waals surface area (Å²) in [6.07, 6.45) is 4.07. The lowest BCUT2D eigenvalue weighted by atomic mass is 10.0. The lowest BCUT2D eigenvalue weighted by Gasteiger charge is -2.34. The van der Waals surface area contributed by atoms with Crippen molar-refractivity contribution in [3.63, 3.8) is 0 Å². The van der Waals surface area contributed by atoms with Crippen molar-refractivity contribution >= 4 is 0 Å². The fourth-order valence-electron chi connectivity index (χ4n) is 3.52. The van der Waals surface area contributed by atoms with Crippen LogP contribution in [0.1, 0.15) is 37.3 Å². The van der Waals surface area contributed by atoms with Gasteiger partial charge in [0.15, 0.2) is 0 Å². The number of ether oxygens (including phenoxy) is 2. The normalized spacial score (nSPS) is 19.1. The Morgan fingerprint density at radius 3 is 2.65 bits per heavy atom. The van der Waals surface area contributed by atoms with Crippen molar-refractivity contribution < 1.29 is 9.47 Å². The Hall–Kier alpha value is -1.26. The Morgan fingerprint density at radius 2 is 2.00 bits per heavy atom. The molecule has 0 spiro atoms. The molecule has 0 radical (unpaired) electrons. The number of rotatable bonds is 7. The molecule has 1 aromatic carbocycles. The molecule has 1 aliphatic heterocycles. The van der Waals surface area contributed by atoms with Crippen LogP contribution in [0, 0.1) is 6.92 Å². The molecule has 1 unspecified atom stereocenters. The summed E-state index contributed by atoms with van der Waals surface area (Å²) in [6, 6.07) is 4.88. The molecule has 1 heterocycles. The second kappa shape index (κ2) is 8.55. The van der Waals surface area contributed by atoms with Gasteiger partial charge in [-0.2, -0.15) is 0 Å². The molecule has 4 heteroatoms. The molecule has 2 rings (SSSR count). The van der Waals surface area contributed by atoms with Crippen LogP contribution >= 0.6 is 0 Å². The third-order valence-corrected chi connectivity index (χ3v) is 5.01. The van der Waals surface area contributed by atoms with Crippen LogP contribution in [0.2, 0.25) is 0 Å². The minimum atomic E-state index is 0.731. The monoisotopic (exact) mass is 320 g/mol. The molecule has 0 saturated carbocycles. The number of benzene rings is 1. The van der Waals surface area contributed by atoms with Crippen molar-refractivity contribution in [3.8, 4) is 11.5 Å². The number of nitrogens with zero attached hydrogens (tertiary/aromatic N) is 2. The smallest absolute Gasteiger partial charge is 0.129 e. The Bertz CT molecular complexity index is 504. The summed E-state index contributed by atoms with van der Waals surface area (Å²) in [4.78, 5) is 5.00. The highest BCUT2D eigenvalue weighted by Crippen LogP contribution is 2.31. The summed E-state index contributed by atoms with van der Waals surface area (Å²) in [5.41, 5.74) is 2.30. The van der Waals surface area contributed by atoms with Gasteiger partial charge in [-0.15, -0.1) is 0 Å². The first kappa shape index (κ1) is 18.1. The molecular weight excluding hydrogens is 288 g/mol. The van der Waals surface area contributed by atoms with E-state index in [1.165, 1.54) is 31.4 Å². The Balaban J connectivity index is 1.94. The van der Waals surface area contributed by atoms with E-state index in [-0.39, 0.29) is 0 Å². The van der Waals surface area contributed by atoms with Gasteiger partial charge in [0.05, 0.1) is 14.2 Å². The lowest BCUT2D eigenvalue weighted by molar-refractivity contribution is 0.140. The first-order valence-electron chi connectivity index (χ1n) is 8.69. The maximum atomic E-state index is 5.61. The zero-order chi connectivity index (χ0) is 16.8. The molecule has 0 N–H and O–H groups in total. The Labute approximate surface area is 141 Å². The van der Waals surface area contributed by atoms with Crippen LogP contribution in [-0.4, -0.2) is 56.7 Å². The largest absolute Gasteiger partial charge is 0.496 e. The average molecular weight is 320 g/mol. The topological polar surface area (TPSA) is 24.9 Å². The standard InChI is InChI=1S/C19H32N2O2/c1-15-8-6-7-11-21(15)13-12-20(3)14-17-9-10-18(22-4)16(2)19(17)23-5/h9-10,15H,6-8,11-14H2,1-5H3. The molecule has 23 heavy (non-hydrogen) atoms. The van der Waals surface area contributed by atoms with E-state index in [1.54, 1.807) is 14.2 Å². The molecule has 1 fully saturated rings. The van der Waals surface area contributed by atoms with Gasteiger partial charge in [0.25, 0.3) is 0 Å². The number of hydrogen-bond acceptors (Lipinski definition) is 4. The molecular formula is C19H32N2O2. The van der Waals surface area contributed by atoms with Crippen LogP contribution in [0.3, 0.4) is 0 Å². The van der Waals surface area contributed by atoms with Crippen molar-refractivity contribution in [1.29, 1.82) is 0 Å². The summed E-state index contributed by atoms with van der Waals surface area (Å²) in [5.74, 6) is 1.83. The average Bonchev–Trinajstić information content (AvgIpc) is 2.54. The predicted octanol–water partition coefficient (Wildman–Crippen LogP) is 3.32. The maximum Gasteiger partial charge on any atom is 0.129 e. The second-order valence-electron chi connectivity index (χ2n) is 6.70. The maximum absolute atomic E-state index is 5.61. The van der Waals surface area contributed by atoms with Gasteiger partial charge in [0.1, 0.15) is 11.5 Å². The number of hydrogen-bond donors (Lipinski definition) is 0. The van der Waals surface area contributed by atoms with Crippen molar-refractivity contribution in [2.45, 2.75) is 45.7 Å². The van der Waals surface area contributed by atoms with Gasteiger partial charge in [-0.3, -0.25) is 4.90 Å². The fourth-order valence-corrected chi connectivity index (χ4v) is 3.52. The summed E-state index contributed by atoms with van der Waals surface area (Å²) >= 11 is 0. The summed E-state index contributed by atoms with van der Waals surface area (Å²) in [5, 5.41) is 0. The number of likely N-dealkylation sites (N-methyl/N-ethyl adjacent to an activating group) is 1. The molecule has 4 nitrogen and oxygen atoms in total. The van der Waals surface area contributed by atoms with E-state index >= 15 is 0 Å². The van der Waals surface area contributed by atoms with E-state index in [4.69, 9.17) is 9.47 Å². The van der Waals surface area contributed by atoms with E-state index in [0.717, 1.165) is 42.7 Å². The van der Waals surface area contributed by atoms with Gasteiger partial charge in [-0.1, -0.05) is 12.5 Å². The van der Waals surface area contributed by atoms with Crippen LogP contribution in [0.25, 0.3) is 0 Å². The van der Waals surface area contributed by atoms with Crippen LogP contribution in [0.5, 0.6) is 11.5 Å². The zero-order valence-electron chi connectivity index (χ0n) is 15.4. The van der Waals surface area contributed by atoms with Gasteiger partial charge in [0, 0.05) is 36.8 Å². The first-order valence-corrected chi connectivity index (χ1v) is 8.69. The van der Waals surface area contributed by atoms with Crippen LogP contribution in [-0.2, 0) is 6.54 Å². The predicted molar refractivity (Wildman–Crippen MR) is 95.5 cm³/mol. The van der Waals surface area contributed by atoms with E-state index in [9.17, 15) is 0 Å². The third kappa shape index (κ3) is 4.61.